The molecule has 1 aromatic heterocycles. The number of imidazole rings is 1. The average molecular weight is 425 g/mol. The Balaban J connectivity index is 1.49. The van der Waals surface area contributed by atoms with Crippen molar-refractivity contribution in [3.05, 3.63) is 42.4 Å². The Morgan fingerprint density at radius 1 is 1.25 bits per heavy atom. The summed E-state index contributed by atoms with van der Waals surface area (Å²) in [7, 11) is -3.65. The van der Waals surface area contributed by atoms with Gasteiger partial charge in [-0.25, -0.2) is 13.4 Å². The largest absolute Gasteiger partial charge is 0.379 e. The van der Waals surface area contributed by atoms with Crippen molar-refractivity contribution in [2.75, 3.05) is 39.1 Å². The van der Waals surface area contributed by atoms with Gasteiger partial charge < -0.3 is 14.6 Å². The van der Waals surface area contributed by atoms with Crippen LogP contribution < -0.4 is 5.32 Å². The number of nitrogens with one attached hydrogen (secondary N) is 1. The maximum absolute atomic E-state index is 12.6. The molecule has 1 aliphatic heterocycles. The molecule has 1 aliphatic rings. The normalized spacial score (nSPS) is 15.5. The summed E-state index contributed by atoms with van der Waals surface area (Å²) in [5, 5.41) is 2.81. The molecule has 1 saturated heterocycles. The molecule has 8 nitrogen and oxygen atoms in total. The first kappa shape index (κ1) is 20.8. The number of morpholine rings is 1. The number of amides is 1. The molecule has 1 amide bonds. The minimum atomic E-state index is -3.65. The van der Waals surface area contributed by atoms with Crippen LogP contribution in [0.15, 0.2) is 46.7 Å². The van der Waals surface area contributed by atoms with Gasteiger partial charge in [-0.15, -0.1) is 11.8 Å². The molecular weight excluding hydrogens is 400 g/mol. The molecule has 2 aromatic rings. The van der Waals surface area contributed by atoms with Gasteiger partial charge in [-0.1, -0.05) is 12.1 Å². The van der Waals surface area contributed by atoms with Gasteiger partial charge in [0.25, 0.3) is 10.0 Å². The number of nitrogens with zero attached hydrogens (tertiary/aromatic N) is 3. The summed E-state index contributed by atoms with van der Waals surface area (Å²) in [5.74, 6) is -0.187. The van der Waals surface area contributed by atoms with Crippen LogP contribution in [-0.4, -0.2) is 67.3 Å². The molecule has 0 saturated carbocycles. The Labute approximate surface area is 169 Å². The molecule has 0 aliphatic carbocycles. The third-order valence-corrected chi connectivity index (χ3v) is 6.93. The number of aromatic nitrogens is 2. The quantitative estimate of drug-likeness (QED) is 0.635. The fourth-order valence-electron chi connectivity index (χ4n) is 2.84. The van der Waals surface area contributed by atoms with Gasteiger partial charge in [-0.05, 0) is 30.4 Å². The average Bonchev–Trinajstić information content (AvgIpc) is 3.18. The van der Waals surface area contributed by atoms with Gasteiger partial charge in [0, 0.05) is 30.7 Å². The van der Waals surface area contributed by atoms with Gasteiger partial charge in [-0.2, -0.15) is 4.31 Å². The Hall–Kier alpha value is -1.88. The van der Waals surface area contributed by atoms with E-state index in [2.05, 4.69) is 34.6 Å². The van der Waals surface area contributed by atoms with Crippen LogP contribution in [-0.2, 0) is 32.5 Å². The van der Waals surface area contributed by atoms with E-state index in [-0.39, 0.29) is 17.5 Å². The molecule has 0 atom stereocenters. The number of hydrogen-bond donors (Lipinski definition) is 1. The smallest absolute Gasteiger partial charge is 0.262 e. The van der Waals surface area contributed by atoms with Crippen molar-refractivity contribution >= 4 is 27.7 Å². The van der Waals surface area contributed by atoms with Crippen molar-refractivity contribution < 1.29 is 17.9 Å². The second kappa shape index (κ2) is 9.55. The second-order valence-electron chi connectivity index (χ2n) is 6.35. The fourth-order valence-corrected chi connectivity index (χ4v) is 4.59. The number of carbonyl (C=O) groups is 1. The Bertz CT molecular complexity index is 891. The first-order valence-electron chi connectivity index (χ1n) is 8.98. The lowest BCUT2D eigenvalue weighted by atomic mass is 10.1. The lowest BCUT2D eigenvalue weighted by molar-refractivity contribution is -0.121. The number of carbonyl (C=O) groups excluding carboxylic acids is 1. The van der Waals surface area contributed by atoms with Crippen LogP contribution in [0.25, 0.3) is 0 Å². The Morgan fingerprint density at radius 3 is 2.64 bits per heavy atom. The highest BCUT2D eigenvalue weighted by Gasteiger charge is 2.28. The Morgan fingerprint density at radius 2 is 1.96 bits per heavy atom. The van der Waals surface area contributed by atoms with Gasteiger partial charge in [-0.3, -0.25) is 4.79 Å². The van der Waals surface area contributed by atoms with Gasteiger partial charge in [0.1, 0.15) is 6.54 Å². The van der Waals surface area contributed by atoms with E-state index in [0.29, 0.717) is 32.8 Å². The molecule has 2 heterocycles. The maximum atomic E-state index is 12.6. The third kappa shape index (κ3) is 5.34. The monoisotopic (exact) mass is 424 g/mol. The van der Waals surface area contributed by atoms with Gasteiger partial charge in [0.05, 0.1) is 19.5 Å². The van der Waals surface area contributed by atoms with E-state index in [9.17, 15) is 13.2 Å². The number of rotatable bonds is 8. The lowest BCUT2D eigenvalue weighted by Crippen LogP contribution is -2.40. The second-order valence-corrected chi connectivity index (χ2v) is 9.11. The number of thioether (sulfide) groups is 1. The zero-order valence-electron chi connectivity index (χ0n) is 15.7. The number of sulfonamides is 1. The minimum absolute atomic E-state index is 0.0248. The van der Waals surface area contributed by atoms with Crippen molar-refractivity contribution in [1.82, 2.24) is 19.2 Å². The number of benzene rings is 1. The van der Waals surface area contributed by atoms with E-state index in [0.717, 1.165) is 12.0 Å². The predicted octanol–water partition coefficient (Wildman–Crippen LogP) is 0.985. The summed E-state index contributed by atoms with van der Waals surface area (Å²) >= 11 is 1.69. The Kier molecular flexibility index (Phi) is 7.11. The highest BCUT2D eigenvalue weighted by Crippen LogP contribution is 2.16. The molecule has 152 valence electrons. The standard InChI is InChI=1S/C18H24N4O4S2/c1-27-16-4-2-15(3-5-16)6-7-19-17(23)12-21-13-18(20-14-21)28(24,25)22-8-10-26-11-9-22/h2-5,13-14H,6-12H2,1H3,(H,19,23). The highest BCUT2D eigenvalue weighted by molar-refractivity contribution is 7.98. The van der Waals surface area contributed by atoms with Crippen LogP contribution in [0.5, 0.6) is 0 Å². The van der Waals surface area contributed by atoms with Crippen molar-refractivity contribution in [1.29, 1.82) is 0 Å². The van der Waals surface area contributed by atoms with E-state index in [1.165, 1.54) is 26.3 Å². The molecular formula is C18H24N4O4S2. The summed E-state index contributed by atoms with van der Waals surface area (Å²) in [6.07, 6.45) is 5.53. The molecule has 0 unspecified atom stereocenters. The third-order valence-electron chi connectivity index (χ3n) is 4.40. The van der Waals surface area contributed by atoms with Crippen molar-refractivity contribution in [3.8, 4) is 0 Å². The summed E-state index contributed by atoms with van der Waals surface area (Å²) in [6.45, 7) is 1.92. The van der Waals surface area contributed by atoms with Crippen LogP contribution >= 0.6 is 11.8 Å². The molecule has 0 spiro atoms. The zero-order valence-corrected chi connectivity index (χ0v) is 17.3. The molecule has 1 aromatic carbocycles. The molecule has 28 heavy (non-hydrogen) atoms. The topological polar surface area (TPSA) is 93.5 Å². The van der Waals surface area contributed by atoms with Crippen LogP contribution in [0.1, 0.15) is 5.56 Å². The molecule has 10 heteroatoms. The van der Waals surface area contributed by atoms with Crippen molar-refractivity contribution in [3.63, 3.8) is 0 Å². The van der Waals surface area contributed by atoms with Crippen molar-refractivity contribution in [2.45, 2.75) is 22.9 Å². The van der Waals surface area contributed by atoms with Crippen LogP contribution in [0.2, 0.25) is 0 Å². The van der Waals surface area contributed by atoms with E-state index in [1.807, 2.05) is 6.26 Å². The van der Waals surface area contributed by atoms with Crippen LogP contribution in [0.4, 0.5) is 0 Å². The van der Waals surface area contributed by atoms with Crippen molar-refractivity contribution in [2.24, 2.45) is 0 Å². The minimum Gasteiger partial charge on any atom is -0.379 e. The van der Waals surface area contributed by atoms with Gasteiger partial charge in [0.15, 0.2) is 5.03 Å². The summed E-state index contributed by atoms with van der Waals surface area (Å²) in [4.78, 5) is 17.3. The summed E-state index contributed by atoms with van der Waals surface area (Å²) in [6, 6.07) is 8.22. The SMILES string of the molecule is CSc1ccc(CCNC(=O)Cn2cnc(S(=O)(=O)N3CCOCC3)c2)cc1. The molecule has 1 N–H and O–H groups in total. The predicted molar refractivity (Wildman–Crippen MR) is 107 cm³/mol. The lowest BCUT2D eigenvalue weighted by Gasteiger charge is -2.24. The van der Waals surface area contributed by atoms with E-state index in [4.69, 9.17) is 4.74 Å². The number of hydrogen-bond acceptors (Lipinski definition) is 6. The zero-order chi connectivity index (χ0) is 20.0. The van der Waals surface area contributed by atoms with Gasteiger partial charge >= 0.3 is 0 Å². The summed E-state index contributed by atoms with van der Waals surface area (Å²) < 4.78 is 33.1. The highest BCUT2D eigenvalue weighted by atomic mass is 32.2. The first-order valence-corrected chi connectivity index (χ1v) is 11.6. The van der Waals surface area contributed by atoms with Crippen LogP contribution in [0.3, 0.4) is 0 Å². The fraction of sp³-hybridized carbons (Fsp3) is 0.444. The van der Waals surface area contributed by atoms with E-state index in [1.54, 1.807) is 11.8 Å². The summed E-state index contributed by atoms with van der Waals surface area (Å²) in [5.41, 5.74) is 1.15. The number of ether oxygens (including phenoxy) is 1. The first-order chi connectivity index (χ1) is 13.5. The van der Waals surface area contributed by atoms with E-state index >= 15 is 0 Å². The molecule has 0 radical (unpaired) electrons. The molecule has 3 rings (SSSR count). The molecule has 1 fully saturated rings. The maximum Gasteiger partial charge on any atom is 0.262 e. The molecule has 0 bridgehead atoms. The van der Waals surface area contributed by atoms with Gasteiger partial charge in [0.2, 0.25) is 5.91 Å². The van der Waals surface area contributed by atoms with E-state index < -0.39 is 10.0 Å². The van der Waals surface area contributed by atoms with Crippen LogP contribution in [0, 0.1) is 0 Å².